The van der Waals surface area contributed by atoms with Crippen molar-refractivity contribution in [3.63, 3.8) is 0 Å². The first kappa shape index (κ1) is 23.6. The van der Waals surface area contributed by atoms with E-state index in [2.05, 4.69) is 37.0 Å². The SMILES string of the molecule is Cc1ncc(-c2cc(C#N)cc(CC(=O)N3C[C@H](F)C[C@H]3C(=O)Cc3cccc(Br)n3)c2)cn1. The number of hydrogen-bond acceptors (Lipinski definition) is 6. The molecule has 0 unspecified atom stereocenters. The van der Waals surface area contributed by atoms with E-state index in [9.17, 15) is 19.2 Å². The summed E-state index contributed by atoms with van der Waals surface area (Å²) in [6, 6.07) is 11.6. The number of hydrogen-bond donors (Lipinski definition) is 0. The molecular formula is C25H21BrFN5O2. The van der Waals surface area contributed by atoms with Crippen LogP contribution in [0.2, 0.25) is 0 Å². The summed E-state index contributed by atoms with van der Waals surface area (Å²) in [7, 11) is 0. The highest BCUT2D eigenvalue weighted by Crippen LogP contribution is 2.26. The Morgan fingerprint density at radius 2 is 1.94 bits per heavy atom. The number of aryl methyl sites for hydroxylation is 1. The van der Waals surface area contributed by atoms with Gasteiger partial charge >= 0.3 is 0 Å². The minimum atomic E-state index is -1.26. The van der Waals surface area contributed by atoms with Gasteiger partial charge in [-0.2, -0.15) is 5.26 Å². The quantitative estimate of drug-likeness (QED) is 0.457. The van der Waals surface area contributed by atoms with Crippen LogP contribution in [0.5, 0.6) is 0 Å². The maximum absolute atomic E-state index is 14.3. The Kier molecular flexibility index (Phi) is 7.08. The monoisotopic (exact) mass is 521 g/mol. The number of nitrogens with zero attached hydrogens (tertiary/aromatic N) is 5. The van der Waals surface area contributed by atoms with Gasteiger partial charge in [0.1, 0.15) is 16.6 Å². The van der Waals surface area contributed by atoms with Gasteiger partial charge in [-0.3, -0.25) is 9.59 Å². The molecule has 3 aromatic rings. The zero-order valence-corrected chi connectivity index (χ0v) is 20.0. The fraction of sp³-hybridized carbons (Fsp3) is 0.280. The molecule has 0 aliphatic carbocycles. The lowest BCUT2D eigenvalue weighted by molar-refractivity contribution is -0.136. The summed E-state index contributed by atoms with van der Waals surface area (Å²) in [5.41, 5.74) is 2.97. The number of aromatic nitrogens is 3. The normalized spacial score (nSPS) is 17.4. The number of carbonyl (C=O) groups is 2. The number of carbonyl (C=O) groups excluding carboxylic acids is 2. The highest BCUT2D eigenvalue weighted by molar-refractivity contribution is 9.10. The number of benzene rings is 1. The number of nitriles is 1. The predicted octanol–water partition coefficient (Wildman–Crippen LogP) is 3.77. The van der Waals surface area contributed by atoms with Crippen LogP contribution in [0, 0.1) is 18.3 Å². The van der Waals surface area contributed by atoms with Gasteiger partial charge in [0.05, 0.1) is 37.1 Å². The smallest absolute Gasteiger partial charge is 0.227 e. The first-order valence-corrected chi connectivity index (χ1v) is 11.5. The van der Waals surface area contributed by atoms with E-state index in [0.29, 0.717) is 32.8 Å². The number of likely N-dealkylation sites (tertiary alicyclic amines) is 1. The number of rotatable bonds is 6. The van der Waals surface area contributed by atoms with Crippen molar-refractivity contribution in [1.82, 2.24) is 19.9 Å². The van der Waals surface area contributed by atoms with Crippen molar-refractivity contribution in [3.05, 3.63) is 76.0 Å². The summed E-state index contributed by atoms with van der Waals surface area (Å²) in [4.78, 5) is 40.0. The predicted molar refractivity (Wildman–Crippen MR) is 126 cm³/mol. The molecule has 2 aromatic heterocycles. The van der Waals surface area contributed by atoms with Crippen molar-refractivity contribution in [2.45, 2.75) is 38.4 Å². The highest BCUT2D eigenvalue weighted by atomic mass is 79.9. The molecular weight excluding hydrogens is 501 g/mol. The van der Waals surface area contributed by atoms with Crippen molar-refractivity contribution >= 4 is 27.6 Å². The van der Waals surface area contributed by atoms with E-state index in [0.717, 1.165) is 5.56 Å². The van der Waals surface area contributed by atoms with E-state index in [1.807, 2.05) is 0 Å². The molecule has 1 aliphatic rings. The number of pyridine rings is 1. The molecule has 1 saturated heterocycles. The molecule has 1 aromatic carbocycles. The zero-order valence-electron chi connectivity index (χ0n) is 18.4. The zero-order chi connectivity index (χ0) is 24.2. The van der Waals surface area contributed by atoms with E-state index in [4.69, 9.17) is 0 Å². The Morgan fingerprint density at radius 3 is 2.65 bits per heavy atom. The average molecular weight is 522 g/mol. The molecule has 4 rings (SSSR count). The van der Waals surface area contributed by atoms with Crippen molar-refractivity contribution in [3.8, 4) is 17.2 Å². The topological polar surface area (TPSA) is 99.8 Å². The molecule has 0 radical (unpaired) electrons. The third-order valence-electron chi connectivity index (χ3n) is 5.66. The van der Waals surface area contributed by atoms with Gasteiger partial charge in [-0.05, 0) is 58.2 Å². The van der Waals surface area contributed by atoms with Gasteiger partial charge in [0, 0.05) is 30.1 Å². The second-order valence-electron chi connectivity index (χ2n) is 8.22. The van der Waals surface area contributed by atoms with Gasteiger partial charge in [0.2, 0.25) is 5.91 Å². The minimum absolute atomic E-state index is 0.0160. The summed E-state index contributed by atoms with van der Waals surface area (Å²) < 4.78 is 14.9. The first-order chi connectivity index (χ1) is 16.3. The van der Waals surface area contributed by atoms with Crippen LogP contribution in [-0.2, 0) is 22.4 Å². The van der Waals surface area contributed by atoms with Crippen molar-refractivity contribution in [2.75, 3.05) is 6.54 Å². The molecule has 2 atom stereocenters. The average Bonchev–Trinajstić information content (AvgIpc) is 3.21. The molecule has 172 valence electrons. The minimum Gasteiger partial charge on any atom is -0.329 e. The van der Waals surface area contributed by atoms with Crippen molar-refractivity contribution in [2.24, 2.45) is 0 Å². The lowest BCUT2D eigenvalue weighted by Crippen LogP contribution is -2.42. The summed E-state index contributed by atoms with van der Waals surface area (Å²) in [6.07, 6.45) is 1.98. The summed E-state index contributed by atoms with van der Waals surface area (Å²) in [6.45, 7) is 1.65. The standard InChI is InChI=1S/C25H21BrFN5O2/c1-15-29-12-19(13-30-15)18-6-16(5-17(7-18)11-28)8-25(34)32-14-20(27)9-22(32)23(33)10-21-3-2-4-24(26)31-21/h2-7,12-13,20,22H,8-10,14H2,1H3/t20-,22+/m1/s1. The van der Waals surface area contributed by atoms with Crippen molar-refractivity contribution < 1.29 is 14.0 Å². The molecule has 1 amide bonds. The number of amides is 1. The number of alkyl halides is 1. The second-order valence-corrected chi connectivity index (χ2v) is 9.03. The van der Waals surface area contributed by atoms with Crippen LogP contribution in [0.15, 0.2) is 53.4 Å². The highest BCUT2D eigenvalue weighted by Gasteiger charge is 2.39. The van der Waals surface area contributed by atoms with Crippen LogP contribution in [0.25, 0.3) is 11.1 Å². The number of ketones is 1. The van der Waals surface area contributed by atoms with Gasteiger partial charge in [0.25, 0.3) is 0 Å². The molecule has 34 heavy (non-hydrogen) atoms. The lowest BCUT2D eigenvalue weighted by atomic mass is 9.99. The van der Waals surface area contributed by atoms with Gasteiger partial charge in [-0.15, -0.1) is 0 Å². The fourth-order valence-corrected chi connectivity index (χ4v) is 4.43. The van der Waals surface area contributed by atoms with Crippen LogP contribution in [0.1, 0.15) is 29.1 Å². The summed E-state index contributed by atoms with van der Waals surface area (Å²) >= 11 is 3.28. The third kappa shape index (κ3) is 5.51. The molecule has 0 saturated carbocycles. The van der Waals surface area contributed by atoms with Crippen LogP contribution >= 0.6 is 15.9 Å². The van der Waals surface area contributed by atoms with Gasteiger partial charge in [0.15, 0.2) is 5.78 Å². The lowest BCUT2D eigenvalue weighted by Gasteiger charge is -2.23. The summed E-state index contributed by atoms with van der Waals surface area (Å²) in [5, 5.41) is 9.45. The van der Waals surface area contributed by atoms with E-state index in [1.54, 1.807) is 55.7 Å². The van der Waals surface area contributed by atoms with E-state index in [-0.39, 0.29) is 37.5 Å². The van der Waals surface area contributed by atoms with E-state index < -0.39 is 12.2 Å². The van der Waals surface area contributed by atoms with Crippen molar-refractivity contribution in [1.29, 1.82) is 5.26 Å². The molecule has 0 spiro atoms. The molecule has 9 heteroatoms. The Morgan fingerprint density at radius 1 is 1.18 bits per heavy atom. The first-order valence-electron chi connectivity index (χ1n) is 10.7. The molecule has 0 N–H and O–H groups in total. The van der Waals surface area contributed by atoms with Crippen LogP contribution in [0.4, 0.5) is 4.39 Å². The largest absolute Gasteiger partial charge is 0.329 e. The Hall–Kier alpha value is -3.51. The summed E-state index contributed by atoms with van der Waals surface area (Å²) in [5.74, 6) is 0.0171. The molecule has 7 nitrogen and oxygen atoms in total. The molecule has 1 aliphatic heterocycles. The van der Waals surface area contributed by atoms with Crippen LogP contribution in [-0.4, -0.2) is 50.3 Å². The maximum Gasteiger partial charge on any atom is 0.227 e. The Labute approximate surface area is 204 Å². The molecule has 1 fully saturated rings. The Bertz CT molecular complexity index is 1280. The van der Waals surface area contributed by atoms with E-state index in [1.165, 1.54) is 4.90 Å². The van der Waals surface area contributed by atoms with Crippen LogP contribution < -0.4 is 0 Å². The maximum atomic E-state index is 14.3. The van der Waals surface area contributed by atoms with Crippen LogP contribution in [0.3, 0.4) is 0 Å². The fourth-order valence-electron chi connectivity index (χ4n) is 4.05. The molecule has 0 bridgehead atoms. The number of Topliss-reactive ketones (excluding diaryl/α,β-unsaturated/α-hetero) is 1. The Balaban J connectivity index is 1.53. The van der Waals surface area contributed by atoms with E-state index >= 15 is 0 Å². The number of halogens is 2. The third-order valence-corrected chi connectivity index (χ3v) is 6.10. The van der Waals surface area contributed by atoms with Gasteiger partial charge in [-0.25, -0.2) is 19.3 Å². The van der Waals surface area contributed by atoms with Gasteiger partial charge in [-0.1, -0.05) is 12.1 Å². The molecule has 3 heterocycles. The van der Waals surface area contributed by atoms with Gasteiger partial charge < -0.3 is 4.90 Å². The second kappa shape index (κ2) is 10.2.